The standard InChI is InChI=1S/C15H25O2P/c1-5-13(4)15-10-8-14(9-11-15)12-18(16-6-2)17-7-3/h8-11,13H,5-7,12H2,1-4H3. The number of benzene rings is 1. The van der Waals surface area contributed by atoms with Gasteiger partial charge in [0.25, 0.3) is 0 Å². The number of rotatable bonds is 8. The summed E-state index contributed by atoms with van der Waals surface area (Å²) in [5, 5.41) is 0. The summed E-state index contributed by atoms with van der Waals surface area (Å²) < 4.78 is 11.3. The Labute approximate surface area is 113 Å². The Hall–Kier alpha value is -0.430. The van der Waals surface area contributed by atoms with Crippen molar-refractivity contribution in [2.75, 3.05) is 13.2 Å². The van der Waals surface area contributed by atoms with Gasteiger partial charge in [-0.15, -0.1) is 0 Å². The first-order valence-electron chi connectivity index (χ1n) is 6.83. The molecular formula is C15H25O2P. The van der Waals surface area contributed by atoms with Gasteiger partial charge < -0.3 is 9.05 Å². The first-order valence-corrected chi connectivity index (χ1v) is 8.19. The first-order chi connectivity index (χ1) is 8.71. The lowest BCUT2D eigenvalue weighted by molar-refractivity contribution is 0.268. The van der Waals surface area contributed by atoms with Crippen molar-refractivity contribution in [3.63, 3.8) is 0 Å². The number of hydrogen-bond donors (Lipinski definition) is 0. The minimum absolute atomic E-state index is 0.638. The SMILES string of the molecule is CCOP(Cc1ccc(C(C)CC)cc1)OCC. The summed E-state index contributed by atoms with van der Waals surface area (Å²) in [4.78, 5) is 0. The summed E-state index contributed by atoms with van der Waals surface area (Å²) >= 11 is 0. The van der Waals surface area contributed by atoms with Gasteiger partial charge in [0.1, 0.15) is 0 Å². The number of hydrogen-bond acceptors (Lipinski definition) is 2. The Bertz CT molecular complexity index is 318. The predicted octanol–water partition coefficient (Wildman–Crippen LogP) is 5.09. The predicted molar refractivity (Wildman–Crippen MR) is 79.0 cm³/mol. The fourth-order valence-corrected chi connectivity index (χ4v) is 3.09. The quantitative estimate of drug-likeness (QED) is 0.612. The second kappa shape index (κ2) is 8.63. The monoisotopic (exact) mass is 268 g/mol. The third-order valence-electron chi connectivity index (χ3n) is 3.02. The summed E-state index contributed by atoms with van der Waals surface area (Å²) in [6, 6.07) is 8.87. The molecule has 0 aromatic heterocycles. The van der Waals surface area contributed by atoms with Crippen LogP contribution in [0.5, 0.6) is 0 Å². The van der Waals surface area contributed by atoms with Gasteiger partial charge in [-0.05, 0) is 37.3 Å². The van der Waals surface area contributed by atoms with Gasteiger partial charge in [0.05, 0.1) is 13.2 Å². The van der Waals surface area contributed by atoms with Gasteiger partial charge in [-0.25, -0.2) is 0 Å². The molecule has 0 aliphatic rings. The van der Waals surface area contributed by atoms with Gasteiger partial charge in [-0.1, -0.05) is 38.1 Å². The summed E-state index contributed by atoms with van der Waals surface area (Å²) in [6.45, 7) is 9.96. The van der Waals surface area contributed by atoms with Gasteiger partial charge in [0.2, 0.25) is 0 Å². The van der Waals surface area contributed by atoms with E-state index in [1.165, 1.54) is 17.5 Å². The zero-order valence-corrected chi connectivity index (χ0v) is 12.9. The van der Waals surface area contributed by atoms with Crippen molar-refractivity contribution in [1.29, 1.82) is 0 Å². The molecule has 1 rings (SSSR count). The zero-order valence-electron chi connectivity index (χ0n) is 12.0. The lowest BCUT2D eigenvalue weighted by Crippen LogP contribution is -1.95. The smallest absolute Gasteiger partial charge is 0.175 e. The maximum atomic E-state index is 5.63. The van der Waals surface area contributed by atoms with Crippen LogP contribution in [0.15, 0.2) is 24.3 Å². The van der Waals surface area contributed by atoms with Crippen LogP contribution in [0.1, 0.15) is 51.2 Å². The van der Waals surface area contributed by atoms with E-state index in [4.69, 9.17) is 9.05 Å². The second-order valence-corrected chi connectivity index (χ2v) is 5.88. The lowest BCUT2D eigenvalue weighted by Gasteiger charge is -2.16. The van der Waals surface area contributed by atoms with Crippen molar-refractivity contribution in [3.05, 3.63) is 35.4 Å². The third kappa shape index (κ3) is 5.06. The summed E-state index contributed by atoms with van der Waals surface area (Å²) in [6.07, 6.45) is 2.07. The van der Waals surface area contributed by atoms with E-state index in [-0.39, 0.29) is 0 Å². The summed E-state index contributed by atoms with van der Waals surface area (Å²) in [5.41, 5.74) is 2.72. The molecule has 0 fully saturated rings. The molecule has 18 heavy (non-hydrogen) atoms. The summed E-state index contributed by atoms with van der Waals surface area (Å²) in [5.74, 6) is 0.638. The zero-order chi connectivity index (χ0) is 13.4. The fraction of sp³-hybridized carbons (Fsp3) is 0.600. The van der Waals surface area contributed by atoms with Crippen LogP contribution in [-0.2, 0) is 15.2 Å². The molecule has 0 saturated heterocycles. The van der Waals surface area contributed by atoms with Gasteiger partial charge in [-0.3, -0.25) is 0 Å². The molecule has 0 aliphatic heterocycles. The second-order valence-electron chi connectivity index (χ2n) is 4.38. The Morgan fingerprint density at radius 1 is 1.00 bits per heavy atom. The average Bonchev–Trinajstić information content (AvgIpc) is 2.39. The van der Waals surface area contributed by atoms with Crippen molar-refractivity contribution >= 4 is 8.38 Å². The van der Waals surface area contributed by atoms with E-state index in [0.717, 1.165) is 19.4 Å². The Morgan fingerprint density at radius 3 is 2.00 bits per heavy atom. The average molecular weight is 268 g/mol. The Balaban J connectivity index is 2.60. The van der Waals surface area contributed by atoms with Crippen LogP contribution in [0.25, 0.3) is 0 Å². The minimum atomic E-state index is -0.766. The van der Waals surface area contributed by atoms with Crippen LogP contribution < -0.4 is 0 Å². The highest BCUT2D eigenvalue weighted by atomic mass is 31.2. The van der Waals surface area contributed by atoms with E-state index in [2.05, 4.69) is 38.1 Å². The Kier molecular flexibility index (Phi) is 7.50. The molecule has 0 radical (unpaired) electrons. The Morgan fingerprint density at radius 2 is 1.56 bits per heavy atom. The molecule has 1 unspecified atom stereocenters. The minimum Gasteiger partial charge on any atom is -0.334 e. The van der Waals surface area contributed by atoms with E-state index in [1.807, 2.05) is 13.8 Å². The molecular weight excluding hydrogens is 243 g/mol. The largest absolute Gasteiger partial charge is 0.334 e. The summed E-state index contributed by atoms with van der Waals surface area (Å²) in [7, 11) is -0.766. The van der Waals surface area contributed by atoms with Crippen molar-refractivity contribution in [3.8, 4) is 0 Å². The maximum absolute atomic E-state index is 5.63. The van der Waals surface area contributed by atoms with E-state index >= 15 is 0 Å². The molecule has 0 heterocycles. The molecule has 0 bridgehead atoms. The van der Waals surface area contributed by atoms with E-state index in [1.54, 1.807) is 0 Å². The highest BCUT2D eigenvalue weighted by molar-refractivity contribution is 7.46. The van der Waals surface area contributed by atoms with Gasteiger partial charge in [0.15, 0.2) is 8.38 Å². The van der Waals surface area contributed by atoms with Crippen molar-refractivity contribution in [2.24, 2.45) is 0 Å². The van der Waals surface area contributed by atoms with Gasteiger partial charge in [-0.2, -0.15) is 0 Å². The molecule has 0 spiro atoms. The molecule has 1 aromatic carbocycles. The van der Waals surface area contributed by atoms with Crippen LogP contribution in [0.4, 0.5) is 0 Å². The molecule has 0 aliphatic carbocycles. The van der Waals surface area contributed by atoms with Gasteiger partial charge in [0, 0.05) is 6.16 Å². The third-order valence-corrected chi connectivity index (χ3v) is 4.73. The van der Waals surface area contributed by atoms with Crippen LogP contribution in [0.2, 0.25) is 0 Å². The first kappa shape index (κ1) is 15.6. The fourth-order valence-electron chi connectivity index (χ4n) is 1.75. The van der Waals surface area contributed by atoms with E-state index < -0.39 is 8.38 Å². The molecule has 0 N–H and O–H groups in total. The van der Waals surface area contributed by atoms with Crippen LogP contribution >= 0.6 is 8.38 Å². The molecule has 2 nitrogen and oxygen atoms in total. The van der Waals surface area contributed by atoms with Crippen molar-refractivity contribution < 1.29 is 9.05 Å². The lowest BCUT2D eigenvalue weighted by atomic mass is 9.98. The van der Waals surface area contributed by atoms with Crippen molar-refractivity contribution in [1.82, 2.24) is 0 Å². The van der Waals surface area contributed by atoms with E-state index in [9.17, 15) is 0 Å². The molecule has 1 aromatic rings. The highest BCUT2D eigenvalue weighted by Crippen LogP contribution is 2.41. The van der Waals surface area contributed by atoms with Gasteiger partial charge >= 0.3 is 0 Å². The van der Waals surface area contributed by atoms with Crippen LogP contribution in [0.3, 0.4) is 0 Å². The van der Waals surface area contributed by atoms with E-state index in [0.29, 0.717) is 5.92 Å². The molecule has 1 atom stereocenters. The maximum Gasteiger partial charge on any atom is 0.175 e. The van der Waals surface area contributed by atoms with Crippen LogP contribution in [-0.4, -0.2) is 13.2 Å². The molecule has 0 amide bonds. The normalized spacial score (nSPS) is 12.9. The van der Waals surface area contributed by atoms with Crippen molar-refractivity contribution in [2.45, 2.75) is 46.2 Å². The molecule has 0 saturated carbocycles. The topological polar surface area (TPSA) is 18.5 Å². The molecule has 102 valence electrons. The highest BCUT2D eigenvalue weighted by Gasteiger charge is 2.10. The molecule has 3 heteroatoms. The van der Waals surface area contributed by atoms with Crippen LogP contribution in [0, 0.1) is 0 Å².